The van der Waals surface area contributed by atoms with Crippen molar-refractivity contribution in [3.63, 3.8) is 0 Å². The first kappa shape index (κ1) is 24.0. The van der Waals surface area contributed by atoms with Gasteiger partial charge in [0.1, 0.15) is 12.6 Å². The van der Waals surface area contributed by atoms with E-state index in [1.165, 1.54) is 6.08 Å². The number of carboxylic acid groups (broad SMARTS) is 1. The maximum Gasteiger partial charge on any atom is 0.407 e. The topological polar surface area (TPSA) is 108 Å². The molecule has 0 bridgehead atoms. The van der Waals surface area contributed by atoms with Gasteiger partial charge in [-0.05, 0) is 43.3 Å². The highest BCUT2D eigenvalue weighted by atomic mass is 16.5. The fourth-order valence-electron chi connectivity index (χ4n) is 3.85. The van der Waals surface area contributed by atoms with Crippen LogP contribution in [0.2, 0.25) is 0 Å². The van der Waals surface area contributed by atoms with Gasteiger partial charge in [0.05, 0.1) is 0 Å². The molecule has 0 radical (unpaired) electrons. The molecule has 3 N–H and O–H groups in total. The van der Waals surface area contributed by atoms with Crippen molar-refractivity contribution >= 4 is 18.0 Å². The lowest BCUT2D eigenvalue weighted by molar-refractivity contribution is -0.141. The largest absolute Gasteiger partial charge is 0.480 e. The van der Waals surface area contributed by atoms with Crippen LogP contribution >= 0.6 is 0 Å². The number of carbonyl (C=O) groups is 3. The molecule has 0 fully saturated rings. The Kier molecular flexibility index (Phi) is 7.84. The molecule has 8 heteroatoms. The minimum Gasteiger partial charge on any atom is -0.480 e. The third kappa shape index (κ3) is 5.98. The summed E-state index contributed by atoms with van der Waals surface area (Å²) in [6, 6.07) is 15.2. The highest BCUT2D eigenvalue weighted by Gasteiger charge is 2.29. The van der Waals surface area contributed by atoms with Gasteiger partial charge in [-0.2, -0.15) is 0 Å². The average Bonchev–Trinajstić information content (AvgIpc) is 3.10. The van der Waals surface area contributed by atoms with Crippen LogP contribution in [0.1, 0.15) is 24.0 Å². The summed E-state index contributed by atoms with van der Waals surface area (Å²) in [5.41, 5.74) is 4.87. The van der Waals surface area contributed by atoms with Crippen molar-refractivity contribution in [1.82, 2.24) is 15.5 Å². The molecule has 8 nitrogen and oxygen atoms in total. The van der Waals surface area contributed by atoms with Crippen LogP contribution in [-0.4, -0.2) is 67.8 Å². The number of nitrogens with one attached hydrogen (secondary N) is 2. The Labute approximate surface area is 193 Å². The van der Waals surface area contributed by atoms with Crippen LogP contribution in [0.15, 0.2) is 60.2 Å². The van der Waals surface area contributed by atoms with Crippen molar-refractivity contribution in [3.05, 3.63) is 71.3 Å². The van der Waals surface area contributed by atoms with Crippen molar-refractivity contribution < 1.29 is 24.2 Å². The van der Waals surface area contributed by atoms with E-state index in [2.05, 4.69) is 22.8 Å². The van der Waals surface area contributed by atoms with Crippen LogP contribution in [0.3, 0.4) is 0 Å². The first-order valence-electron chi connectivity index (χ1n) is 10.7. The van der Waals surface area contributed by atoms with Gasteiger partial charge < -0.3 is 25.4 Å². The third-order valence-corrected chi connectivity index (χ3v) is 5.51. The molecule has 3 rings (SSSR count). The molecule has 0 aromatic heterocycles. The van der Waals surface area contributed by atoms with Gasteiger partial charge in [-0.25, -0.2) is 9.59 Å². The Morgan fingerprint density at radius 2 is 1.64 bits per heavy atom. The average molecular weight is 452 g/mol. The number of benzene rings is 2. The van der Waals surface area contributed by atoms with E-state index in [-0.39, 0.29) is 25.6 Å². The number of alkyl carbamates (subject to hydrolysis) is 1. The van der Waals surface area contributed by atoms with Gasteiger partial charge in [-0.3, -0.25) is 4.79 Å². The van der Waals surface area contributed by atoms with Crippen molar-refractivity contribution in [2.24, 2.45) is 0 Å². The van der Waals surface area contributed by atoms with Crippen LogP contribution in [-0.2, 0) is 14.3 Å². The summed E-state index contributed by atoms with van der Waals surface area (Å²) in [4.78, 5) is 37.4. The molecule has 1 atom stereocenters. The van der Waals surface area contributed by atoms with Crippen molar-refractivity contribution in [3.8, 4) is 11.1 Å². The highest BCUT2D eigenvalue weighted by molar-refractivity contribution is 5.95. The molecule has 2 aromatic rings. The summed E-state index contributed by atoms with van der Waals surface area (Å²) in [6.07, 6.45) is 0.933. The maximum absolute atomic E-state index is 12.2. The number of hydrogen-bond acceptors (Lipinski definition) is 5. The number of carboxylic acids is 1. The monoisotopic (exact) mass is 451 g/mol. The van der Waals surface area contributed by atoms with Gasteiger partial charge in [0.15, 0.2) is 0 Å². The Balaban J connectivity index is 1.51. The highest BCUT2D eigenvalue weighted by Crippen LogP contribution is 2.44. The van der Waals surface area contributed by atoms with Gasteiger partial charge in [0, 0.05) is 24.6 Å². The molecule has 0 heterocycles. The Hall–Kier alpha value is -3.65. The second-order valence-corrected chi connectivity index (χ2v) is 8.22. The number of aliphatic carboxylic acids is 1. The van der Waals surface area contributed by atoms with Gasteiger partial charge in [0.25, 0.3) is 0 Å². The zero-order chi connectivity index (χ0) is 24.0. The van der Waals surface area contributed by atoms with Crippen LogP contribution < -0.4 is 10.6 Å². The van der Waals surface area contributed by atoms with Gasteiger partial charge in [0.2, 0.25) is 5.91 Å². The number of carbonyl (C=O) groups excluding carboxylic acids is 2. The van der Waals surface area contributed by atoms with E-state index >= 15 is 0 Å². The molecular weight excluding hydrogens is 422 g/mol. The molecule has 0 spiro atoms. The van der Waals surface area contributed by atoms with Gasteiger partial charge >= 0.3 is 12.1 Å². The molecule has 2 aromatic carbocycles. The number of hydrogen-bond donors (Lipinski definition) is 3. The first-order chi connectivity index (χ1) is 15.8. The van der Waals surface area contributed by atoms with Crippen LogP contribution in [0.5, 0.6) is 0 Å². The van der Waals surface area contributed by atoms with Gasteiger partial charge in [-0.15, -0.1) is 0 Å². The molecule has 0 saturated heterocycles. The quantitative estimate of drug-likeness (QED) is 0.506. The summed E-state index contributed by atoms with van der Waals surface area (Å²) < 4.78 is 5.46. The number of fused-ring (bicyclic) bond motifs is 3. The van der Waals surface area contributed by atoms with E-state index in [1.807, 2.05) is 36.4 Å². The summed E-state index contributed by atoms with van der Waals surface area (Å²) in [5, 5.41) is 14.3. The number of amides is 2. The van der Waals surface area contributed by atoms with Crippen molar-refractivity contribution in [1.29, 1.82) is 0 Å². The smallest absolute Gasteiger partial charge is 0.407 e. The molecule has 33 heavy (non-hydrogen) atoms. The minimum absolute atomic E-state index is 0.0316. The van der Waals surface area contributed by atoms with E-state index in [1.54, 1.807) is 25.9 Å². The Morgan fingerprint density at radius 1 is 1.06 bits per heavy atom. The zero-order valence-corrected chi connectivity index (χ0v) is 19.0. The number of ether oxygens (including phenoxy) is 1. The predicted molar refractivity (Wildman–Crippen MR) is 125 cm³/mol. The predicted octanol–water partition coefficient (Wildman–Crippen LogP) is 2.60. The lowest BCUT2D eigenvalue weighted by atomic mass is 9.98. The fraction of sp³-hybridized carbons (Fsp3) is 0.320. The number of nitrogens with zero attached hydrogens (tertiary/aromatic N) is 1. The van der Waals surface area contributed by atoms with Crippen LogP contribution in [0.25, 0.3) is 11.1 Å². The first-order valence-corrected chi connectivity index (χ1v) is 10.7. The third-order valence-electron chi connectivity index (χ3n) is 5.51. The van der Waals surface area contributed by atoms with Crippen LogP contribution in [0, 0.1) is 0 Å². The van der Waals surface area contributed by atoms with E-state index in [9.17, 15) is 19.5 Å². The van der Waals surface area contributed by atoms with Crippen molar-refractivity contribution in [2.45, 2.75) is 18.9 Å². The molecule has 174 valence electrons. The molecule has 1 unspecified atom stereocenters. The molecule has 2 amide bonds. The van der Waals surface area contributed by atoms with Crippen molar-refractivity contribution in [2.75, 3.05) is 33.8 Å². The second-order valence-electron chi connectivity index (χ2n) is 8.22. The van der Waals surface area contributed by atoms with E-state index in [0.717, 1.165) is 22.3 Å². The summed E-state index contributed by atoms with van der Waals surface area (Å²) in [6.45, 7) is 2.02. The fourth-order valence-corrected chi connectivity index (χ4v) is 3.85. The molecule has 0 aliphatic heterocycles. The molecule has 1 aliphatic carbocycles. The summed E-state index contributed by atoms with van der Waals surface area (Å²) in [5.74, 6) is -1.64. The number of rotatable bonds is 9. The summed E-state index contributed by atoms with van der Waals surface area (Å²) in [7, 11) is 3.45. The zero-order valence-electron chi connectivity index (χ0n) is 19.0. The van der Waals surface area contributed by atoms with E-state index < -0.39 is 24.0 Å². The van der Waals surface area contributed by atoms with E-state index in [4.69, 9.17) is 4.74 Å². The standard InChI is InChI=1S/C25H29N3O5/c1-16(23(29)27-22(24(30)31)14-28(2)3)12-13-26-25(32)33-15-21-19-10-6-4-8-17(19)18-9-5-7-11-20(18)21/h4-12,21-22H,13-15H2,1-3H3,(H,26,32)(H,27,29)(H,30,31)/b16-12+. The van der Waals surface area contributed by atoms with E-state index in [0.29, 0.717) is 5.57 Å². The lowest BCUT2D eigenvalue weighted by Crippen LogP contribution is -2.47. The lowest BCUT2D eigenvalue weighted by Gasteiger charge is -2.18. The number of likely N-dealkylation sites (N-methyl/N-ethyl adjacent to an activating group) is 1. The Bertz CT molecular complexity index is 1020. The summed E-state index contributed by atoms with van der Waals surface area (Å²) >= 11 is 0. The normalized spacial score (nSPS) is 13.8. The minimum atomic E-state index is -1.11. The maximum atomic E-state index is 12.2. The SMILES string of the molecule is C/C(=C\CNC(=O)OCC1c2ccccc2-c2ccccc21)C(=O)NC(CN(C)C)C(=O)O. The van der Waals surface area contributed by atoms with Gasteiger partial charge in [-0.1, -0.05) is 54.6 Å². The molecular formula is C25H29N3O5. The molecule has 0 saturated carbocycles. The Morgan fingerprint density at radius 3 is 2.18 bits per heavy atom. The second kappa shape index (κ2) is 10.8. The molecule has 1 aliphatic rings. The van der Waals surface area contributed by atoms with Crippen LogP contribution in [0.4, 0.5) is 4.79 Å².